The van der Waals surface area contributed by atoms with Gasteiger partial charge in [-0.05, 0) is 30.7 Å². The van der Waals surface area contributed by atoms with Crippen LogP contribution in [0.2, 0.25) is 5.02 Å². The molecule has 3 rings (SSSR count). The largest absolute Gasteiger partial charge is 0.345 e. The summed E-state index contributed by atoms with van der Waals surface area (Å²) in [6, 6.07) is 13.4. The summed E-state index contributed by atoms with van der Waals surface area (Å²) in [4.78, 5) is 24.3. The second-order valence-electron chi connectivity index (χ2n) is 5.99. The normalized spacial score (nSPS) is 17.2. The van der Waals surface area contributed by atoms with Gasteiger partial charge in [-0.1, -0.05) is 41.9 Å². The number of carbonyl (C=O) groups is 2. The maximum atomic E-state index is 12.5. The molecule has 0 aliphatic carbocycles. The lowest BCUT2D eigenvalue weighted by Crippen LogP contribution is -2.30. The van der Waals surface area contributed by atoms with E-state index in [0.717, 1.165) is 9.87 Å². The summed E-state index contributed by atoms with van der Waals surface area (Å²) >= 11 is 6.18. The number of carbonyl (C=O) groups excluding carboxylic acids is 2. The number of rotatable bonds is 4. The Bertz CT molecular complexity index is 960. The quantitative estimate of drug-likeness (QED) is 0.867. The molecule has 136 valence electrons. The second-order valence-corrected chi connectivity index (χ2v) is 8.34. The van der Waals surface area contributed by atoms with Gasteiger partial charge in [-0.15, -0.1) is 0 Å². The first kappa shape index (κ1) is 18.4. The van der Waals surface area contributed by atoms with E-state index in [2.05, 4.69) is 5.32 Å². The first-order chi connectivity index (χ1) is 12.3. The topological polar surface area (TPSA) is 83.6 Å². The van der Waals surface area contributed by atoms with Crippen molar-refractivity contribution in [2.75, 3.05) is 10.1 Å². The number of halogens is 1. The number of sulfonamides is 1. The third-order valence-corrected chi connectivity index (χ3v) is 6.16. The first-order valence-corrected chi connectivity index (χ1v) is 9.99. The van der Waals surface area contributed by atoms with E-state index in [1.54, 1.807) is 0 Å². The molecular weight excluding hydrogens is 376 g/mol. The lowest BCUT2D eigenvalue weighted by atomic mass is 10.1. The number of anilines is 1. The standard InChI is InChI=1S/C18H17ClN2O4S/c1-12(13-5-3-2-4-6-13)20-18(23)15-8-7-14(11-16(15)19)21-17(22)9-10-26(21,24)25/h2-8,11-12H,9-10H2,1H3,(H,20,23)/t12-/m0/s1. The zero-order valence-electron chi connectivity index (χ0n) is 14.0. The Morgan fingerprint density at radius 2 is 1.88 bits per heavy atom. The third-order valence-electron chi connectivity index (χ3n) is 4.16. The fraction of sp³-hybridized carbons (Fsp3) is 0.222. The van der Waals surface area contributed by atoms with E-state index >= 15 is 0 Å². The average Bonchev–Trinajstić information content (AvgIpc) is 2.88. The zero-order valence-corrected chi connectivity index (χ0v) is 15.5. The predicted molar refractivity (Wildman–Crippen MR) is 99.7 cm³/mol. The van der Waals surface area contributed by atoms with Crippen LogP contribution in [0.25, 0.3) is 0 Å². The molecule has 2 aromatic rings. The molecule has 0 unspecified atom stereocenters. The van der Waals surface area contributed by atoms with E-state index in [1.807, 2.05) is 37.3 Å². The molecule has 1 aliphatic heterocycles. The van der Waals surface area contributed by atoms with E-state index in [9.17, 15) is 18.0 Å². The smallest absolute Gasteiger partial charge is 0.253 e. The summed E-state index contributed by atoms with van der Waals surface area (Å²) in [5.74, 6) is -1.11. The summed E-state index contributed by atoms with van der Waals surface area (Å²) in [6.07, 6.45) is -0.0587. The number of hydrogen-bond acceptors (Lipinski definition) is 4. The molecular formula is C18H17ClN2O4S. The number of nitrogens with zero attached hydrogens (tertiary/aromatic N) is 1. The molecule has 0 spiro atoms. The van der Waals surface area contributed by atoms with Crippen LogP contribution in [0, 0.1) is 0 Å². The van der Waals surface area contributed by atoms with Crippen LogP contribution in [0.1, 0.15) is 35.3 Å². The van der Waals surface area contributed by atoms with Crippen LogP contribution in [-0.2, 0) is 14.8 Å². The van der Waals surface area contributed by atoms with Crippen LogP contribution in [0.4, 0.5) is 5.69 Å². The van der Waals surface area contributed by atoms with Gasteiger partial charge in [-0.25, -0.2) is 12.7 Å². The van der Waals surface area contributed by atoms with Crippen molar-refractivity contribution in [3.05, 3.63) is 64.7 Å². The molecule has 6 nitrogen and oxygen atoms in total. The highest BCUT2D eigenvalue weighted by molar-refractivity contribution is 7.94. The average molecular weight is 393 g/mol. The number of nitrogens with one attached hydrogen (secondary N) is 1. The molecule has 1 aliphatic rings. The Balaban J connectivity index is 1.82. The van der Waals surface area contributed by atoms with Crippen LogP contribution in [0.5, 0.6) is 0 Å². The molecule has 2 aromatic carbocycles. The van der Waals surface area contributed by atoms with E-state index < -0.39 is 15.9 Å². The van der Waals surface area contributed by atoms with Gasteiger partial charge in [-0.3, -0.25) is 9.59 Å². The second kappa shape index (κ2) is 7.09. The van der Waals surface area contributed by atoms with Gasteiger partial charge in [0.25, 0.3) is 5.91 Å². The van der Waals surface area contributed by atoms with Crippen molar-refractivity contribution in [2.24, 2.45) is 0 Å². The molecule has 8 heteroatoms. The van der Waals surface area contributed by atoms with E-state index in [-0.39, 0.29) is 40.4 Å². The summed E-state index contributed by atoms with van der Waals surface area (Å²) in [5, 5.41) is 2.92. The maximum Gasteiger partial charge on any atom is 0.253 e. The van der Waals surface area contributed by atoms with Crippen LogP contribution >= 0.6 is 11.6 Å². The Morgan fingerprint density at radius 1 is 1.19 bits per heavy atom. The summed E-state index contributed by atoms with van der Waals surface area (Å²) in [6.45, 7) is 1.85. The van der Waals surface area contributed by atoms with E-state index in [1.165, 1.54) is 18.2 Å². The van der Waals surface area contributed by atoms with Gasteiger partial charge in [0.1, 0.15) is 0 Å². The minimum absolute atomic E-state index is 0.0587. The van der Waals surface area contributed by atoms with Gasteiger partial charge in [0.15, 0.2) is 0 Å². The lowest BCUT2D eigenvalue weighted by Gasteiger charge is -2.17. The molecule has 2 amide bonds. The Morgan fingerprint density at radius 3 is 2.46 bits per heavy atom. The SMILES string of the molecule is C[C@H](NC(=O)c1ccc(N2C(=O)CCS2(=O)=O)cc1Cl)c1ccccc1. The maximum absolute atomic E-state index is 12.5. The van der Waals surface area contributed by atoms with E-state index in [0.29, 0.717) is 0 Å². The molecule has 1 N–H and O–H groups in total. The minimum Gasteiger partial charge on any atom is -0.345 e. The van der Waals surface area contributed by atoms with Crippen molar-refractivity contribution in [3.63, 3.8) is 0 Å². The van der Waals surface area contributed by atoms with Gasteiger partial charge in [0.05, 0.1) is 28.1 Å². The van der Waals surface area contributed by atoms with Crippen molar-refractivity contribution < 1.29 is 18.0 Å². The molecule has 1 fully saturated rings. The fourth-order valence-electron chi connectivity index (χ4n) is 2.78. The van der Waals surface area contributed by atoms with Crippen molar-refractivity contribution in [2.45, 2.75) is 19.4 Å². The van der Waals surface area contributed by atoms with Crippen molar-refractivity contribution >= 4 is 39.1 Å². The molecule has 0 saturated carbocycles. The van der Waals surface area contributed by atoms with Crippen LogP contribution in [-0.4, -0.2) is 26.0 Å². The summed E-state index contributed by atoms with van der Waals surface area (Å²) < 4.78 is 24.7. The molecule has 26 heavy (non-hydrogen) atoms. The Hall–Kier alpha value is -2.38. The molecule has 0 bridgehead atoms. The van der Waals surface area contributed by atoms with Crippen molar-refractivity contribution in [1.29, 1.82) is 0 Å². The molecule has 1 saturated heterocycles. The van der Waals surface area contributed by atoms with Gasteiger partial charge in [0, 0.05) is 6.42 Å². The lowest BCUT2D eigenvalue weighted by molar-refractivity contribution is -0.116. The van der Waals surface area contributed by atoms with Gasteiger partial charge >= 0.3 is 0 Å². The Kier molecular flexibility index (Phi) is 5.02. The first-order valence-electron chi connectivity index (χ1n) is 8.01. The van der Waals surface area contributed by atoms with Crippen LogP contribution in [0.15, 0.2) is 48.5 Å². The van der Waals surface area contributed by atoms with Crippen LogP contribution in [0.3, 0.4) is 0 Å². The Labute approximate surface area is 156 Å². The zero-order chi connectivity index (χ0) is 18.9. The molecule has 1 heterocycles. The minimum atomic E-state index is -3.67. The van der Waals surface area contributed by atoms with Crippen molar-refractivity contribution in [3.8, 4) is 0 Å². The number of benzene rings is 2. The number of hydrogen-bond donors (Lipinski definition) is 1. The number of amides is 2. The molecule has 0 aromatic heterocycles. The highest BCUT2D eigenvalue weighted by Gasteiger charge is 2.36. The summed E-state index contributed by atoms with van der Waals surface area (Å²) in [5.41, 5.74) is 1.30. The highest BCUT2D eigenvalue weighted by Crippen LogP contribution is 2.29. The van der Waals surface area contributed by atoms with Gasteiger partial charge in [-0.2, -0.15) is 0 Å². The summed E-state index contributed by atoms with van der Waals surface area (Å²) in [7, 11) is -3.67. The third kappa shape index (κ3) is 3.59. The fourth-order valence-corrected chi connectivity index (χ4v) is 4.49. The monoisotopic (exact) mass is 392 g/mol. The van der Waals surface area contributed by atoms with Gasteiger partial charge in [0.2, 0.25) is 15.9 Å². The predicted octanol–water partition coefficient (Wildman–Crippen LogP) is 2.90. The van der Waals surface area contributed by atoms with Crippen LogP contribution < -0.4 is 9.62 Å². The van der Waals surface area contributed by atoms with Crippen molar-refractivity contribution in [1.82, 2.24) is 5.32 Å². The molecule has 0 radical (unpaired) electrons. The highest BCUT2D eigenvalue weighted by atomic mass is 35.5. The molecule has 1 atom stereocenters. The van der Waals surface area contributed by atoms with E-state index in [4.69, 9.17) is 11.6 Å². The van der Waals surface area contributed by atoms with Gasteiger partial charge < -0.3 is 5.32 Å².